The van der Waals surface area contributed by atoms with E-state index in [0.29, 0.717) is 0 Å². The molecule has 1 aliphatic rings. The fourth-order valence-corrected chi connectivity index (χ4v) is 1.60. The van der Waals surface area contributed by atoms with Gasteiger partial charge in [0.1, 0.15) is 0 Å². The summed E-state index contributed by atoms with van der Waals surface area (Å²) in [7, 11) is 0. The Morgan fingerprint density at radius 3 is 2.23 bits per heavy atom. The van der Waals surface area contributed by atoms with Crippen molar-refractivity contribution < 1.29 is 13.2 Å². The molecule has 0 fully saturated rings. The maximum atomic E-state index is 13.1. The fraction of sp³-hybridized carbons (Fsp3) is 0.333. The van der Waals surface area contributed by atoms with Crippen LogP contribution in [0.2, 0.25) is 0 Å². The van der Waals surface area contributed by atoms with E-state index in [-0.39, 0.29) is 11.1 Å². The highest BCUT2D eigenvalue weighted by Crippen LogP contribution is 2.50. The van der Waals surface area contributed by atoms with E-state index in [9.17, 15) is 13.2 Å². The zero-order chi connectivity index (χ0) is 9.64. The summed E-state index contributed by atoms with van der Waals surface area (Å²) in [4.78, 5) is 0. The van der Waals surface area contributed by atoms with Crippen LogP contribution in [0.15, 0.2) is 24.3 Å². The van der Waals surface area contributed by atoms with Crippen LogP contribution in [0.1, 0.15) is 23.3 Å². The molecule has 0 aromatic heterocycles. The van der Waals surface area contributed by atoms with Crippen LogP contribution in [0, 0.1) is 0 Å². The van der Waals surface area contributed by atoms with Gasteiger partial charge in [0.05, 0.1) is 6.04 Å². The second-order valence-corrected chi connectivity index (χ2v) is 3.14. The lowest BCUT2D eigenvalue weighted by atomic mass is 10.1. The molecule has 0 amide bonds. The molecule has 4 heteroatoms. The summed E-state index contributed by atoms with van der Waals surface area (Å²) in [5.41, 5.74) is 5.45. The lowest BCUT2D eigenvalue weighted by Crippen LogP contribution is -2.30. The van der Waals surface area contributed by atoms with Gasteiger partial charge in [0.15, 0.2) is 6.17 Å². The number of rotatable bonds is 0. The molecule has 1 nitrogen and oxygen atoms in total. The molecule has 2 N–H and O–H groups in total. The molecular formula is C9H8F3N. The van der Waals surface area contributed by atoms with Gasteiger partial charge in [-0.1, -0.05) is 24.3 Å². The number of fused-ring (bicyclic) bond motifs is 1. The van der Waals surface area contributed by atoms with Crippen molar-refractivity contribution in [3.63, 3.8) is 0 Å². The molecule has 2 rings (SSSR count). The zero-order valence-electron chi connectivity index (χ0n) is 6.68. The SMILES string of the molecule is NC1c2ccccc2C(F)C1(F)F. The first-order valence-electron chi connectivity index (χ1n) is 3.91. The van der Waals surface area contributed by atoms with E-state index < -0.39 is 18.1 Å². The number of halogens is 3. The van der Waals surface area contributed by atoms with Gasteiger partial charge in [0, 0.05) is 0 Å². The molecule has 0 aliphatic heterocycles. The van der Waals surface area contributed by atoms with Gasteiger partial charge in [0.25, 0.3) is 0 Å². The largest absolute Gasteiger partial charge is 0.319 e. The summed E-state index contributed by atoms with van der Waals surface area (Å²) in [5.74, 6) is -3.47. The normalized spacial score (nSPS) is 30.2. The highest BCUT2D eigenvalue weighted by atomic mass is 19.3. The van der Waals surface area contributed by atoms with Gasteiger partial charge >= 0.3 is 5.92 Å². The van der Waals surface area contributed by atoms with E-state index in [2.05, 4.69) is 0 Å². The summed E-state index contributed by atoms with van der Waals surface area (Å²) in [5, 5.41) is 0. The molecule has 0 spiro atoms. The van der Waals surface area contributed by atoms with Gasteiger partial charge in [0.2, 0.25) is 0 Å². The summed E-state index contributed by atoms with van der Waals surface area (Å²) >= 11 is 0. The highest BCUT2D eigenvalue weighted by Gasteiger charge is 2.54. The molecule has 0 saturated carbocycles. The van der Waals surface area contributed by atoms with Crippen LogP contribution >= 0.6 is 0 Å². The molecule has 2 atom stereocenters. The minimum absolute atomic E-state index is 0.0139. The van der Waals surface area contributed by atoms with Crippen molar-refractivity contribution in [1.82, 2.24) is 0 Å². The molecular weight excluding hydrogens is 179 g/mol. The van der Waals surface area contributed by atoms with Crippen molar-refractivity contribution in [2.24, 2.45) is 5.73 Å². The van der Waals surface area contributed by atoms with Crippen molar-refractivity contribution in [2.45, 2.75) is 18.1 Å². The molecule has 1 aliphatic carbocycles. The predicted octanol–water partition coefficient (Wildman–Crippen LogP) is 2.35. The Bertz CT molecular complexity index is 306. The molecule has 0 bridgehead atoms. The Morgan fingerprint density at radius 2 is 1.69 bits per heavy atom. The Morgan fingerprint density at radius 1 is 1.15 bits per heavy atom. The van der Waals surface area contributed by atoms with Gasteiger partial charge in [-0.25, -0.2) is 13.2 Å². The Kier molecular flexibility index (Phi) is 1.63. The van der Waals surface area contributed by atoms with E-state index in [1.807, 2.05) is 0 Å². The minimum Gasteiger partial charge on any atom is -0.319 e. The first-order chi connectivity index (χ1) is 6.05. The average Bonchev–Trinajstić information content (AvgIpc) is 2.30. The van der Waals surface area contributed by atoms with Gasteiger partial charge in [-0.15, -0.1) is 0 Å². The Hall–Kier alpha value is -1.03. The molecule has 70 valence electrons. The van der Waals surface area contributed by atoms with Crippen molar-refractivity contribution >= 4 is 0 Å². The minimum atomic E-state index is -3.47. The van der Waals surface area contributed by atoms with Crippen LogP contribution < -0.4 is 5.73 Å². The Labute approximate surface area is 73.4 Å². The van der Waals surface area contributed by atoms with Gasteiger partial charge in [-0.05, 0) is 11.1 Å². The highest BCUT2D eigenvalue weighted by molar-refractivity contribution is 5.40. The topological polar surface area (TPSA) is 26.0 Å². The standard InChI is InChI=1S/C9H8F3N/c10-7-5-3-1-2-4-6(5)8(13)9(7,11)12/h1-4,7-8H,13H2. The summed E-state index contributed by atoms with van der Waals surface area (Å²) in [6.45, 7) is 0. The van der Waals surface area contributed by atoms with Crippen LogP contribution in [0.4, 0.5) is 13.2 Å². The lowest BCUT2D eigenvalue weighted by Gasteiger charge is -2.16. The number of hydrogen-bond acceptors (Lipinski definition) is 1. The lowest BCUT2D eigenvalue weighted by molar-refractivity contribution is -0.0808. The predicted molar refractivity (Wildman–Crippen MR) is 42.2 cm³/mol. The molecule has 2 unspecified atom stereocenters. The molecule has 13 heavy (non-hydrogen) atoms. The van der Waals surface area contributed by atoms with Crippen LogP contribution in [-0.4, -0.2) is 5.92 Å². The zero-order valence-corrected chi connectivity index (χ0v) is 6.68. The van der Waals surface area contributed by atoms with Crippen LogP contribution in [0.5, 0.6) is 0 Å². The van der Waals surface area contributed by atoms with E-state index in [1.165, 1.54) is 18.2 Å². The van der Waals surface area contributed by atoms with E-state index in [4.69, 9.17) is 5.73 Å². The first-order valence-corrected chi connectivity index (χ1v) is 3.91. The van der Waals surface area contributed by atoms with Gasteiger partial charge in [-0.2, -0.15) is 0 Å². The number of benzene rings is 1. The maximum absolute atomic E-state index is 13.1. The monoisotopic (exact) mass is 187 g/mol. The number of hydrogen-bond donors (Lipinski definition) is 1. The summed E-state index contributed by atoms with van der Waals surface area (Å²) in [6, 6.07) is 4.37. The maximum Gasteiger partial charge on any atom is 0.301 e. The van der Waals surface area contributed by atoms with Crippen LogP contribution in [-0.2, 0) is 0 Å². The van der Waals surface area contributed by atoms with E-state index in [1.54, 1.807) is 6.07 Å². The third-order valence-electron chi connectivity index (χ3n) is 2.36. The van der Waals surface area contributed by atoms with Gasteiger partial charge in [-0.3, -0.25) is 0 Å². The van der Waals surface area contributed by atoms with Crippen molar-refractivity contribution in [1.29, 1.82) is 0 Å². The summed E-state index contributed by atoms with van der Waals surface area (Å²) < 4.78 is 39.2. The summed E-state index contributed by atoms with van der Waals surface area (Å²) in [6.07, 6.45) is -2.27. The molecule has 1 aromatic carbocycles. The van der Waals surface area contributed by atoms with Crippen LogP contribution in [0.25, 0.3) is 0 Å². The second-order valence-electron chi connectivity index (χ2n) is 3.14. The fourth-order valence-electron chi connectivity index (χ4n) is 1.60. The average molecular weight is 187 g/mol. The molecule has 0 saturated heterocycles. The molecule has 1 aromatic rings. The quantitative estimate of drug-likeness (QED) is 0.662. The second kappa shape index (κ2) is 2.48. The Balaban J connectivity index is 2.57. The van der Waals surface area contributed by atoms with E-state index >= 15 is 0 Å². The first kappa shape index (κ1) is 8.56. The van der Waals surface area contributed by atoms with Crippen molar-refractivity contribution in [2.75, 3.05) is 0 Å². The number of alkyl halides is 3. The van der Waals surface area contributed by atoms with Crippen molar-refractivity contribution in [3.05, 3.63) is 35.4 Å². The van der Waals surface area contributed by atoms with Gasteiger partial charge < -0.3 is 5.73 Å². The molecule has 0 heterocycles. The molecule has 0 radical (unpaired) electrons. The third kappa shape index (κ3) is 0.983. The van der Waals surface area contributed by atoms with Crippen LogP contribution in [0.3, 0.4) is 0 Å². The van der Waals surface area contributed by atoms with E-state index in [0.717, 1.165) is 0 Å². The number of nitrogens with two attached hydrogens (primary N) is 1. The van der Waals surface area contributed by atoms with Crippen molar-refractivity contribution in [3.8, 4) is 0 Å². The third-order valence-corrected chi connectivity index (χ3v) is 2.36. The smallest absolute Gasteiger partial charge is 0.301 e.